The van der Waals surface area contributed by atoms with Crippen LogP contribution in [-0.2, 0) is 10.8 Å². The Labute approximate surface area is 139 Å². The molecule has 0 bridgehead atoms. The van der Waals surface area contributed by atoms with Gasteiger partial charge in [-0.15, -0.1) is 0 Å². The molecular formula is C14H8MgO5S. The average molecular weight is 313 g/mol. The zero-order chi connectivity index (χ0) is 14.7. The van der Waals surface area contributed by atoms with E-state index >= 15 is 0 Å². The summed E-state index contributed by atoms with van der Waals surface area (Å²) in [4.78, 5) is 22.0. The summed E-state index contributed by atoms with van der Waals surface area (Å²) in [6.45, 7) is 0. The maximum atomic E-state index is 12.2. The zero-order valence-electron chi connectivity index (χ0n) is 10.8. The van der Waals surface area contributed by atoms with E-state index < -0.39 is 22.7 Å². The van der Waals surface area contributed by atoms with Crippen LogP contribution >= 0.6 is 0 Å². The monoisotopic (exact) mass is 312 g/mol. The first-order chi connectivity index (χ1) is 9.49. The van der Waals surface area contributed by atoms with E-state index in [0.717, 1.165) is 0 Å². The first-order valence-electron chi connectivity index (χ1n) is 5.53. The number of benzene rings is 2. The minimum Gasteiger partial charge on any atom is -0.545 e. The Bertz CT molecular complexity index is 620. The first kappa shape index (κ1) is 17.3. The molecule has 102 valence electrons. The zero-order valence-corrected chi connectivity index (χ0v) is 13.0. The molecule has 2 rings (SSSR count). The topological polar surface area (TPSA) is 97.3 Å². The molecule has 0 aliphatic carbocycles. The number of rotatable bonds is 4. The van der Waals surface area contributed by atoms with Crippen LogP contribution in [0.2, 0.25) is 0 Å². The van der Waals surface area contributed by atoms with Crippen molar-refractivity contribution in [2.24, 2.45) is 0 Å². The maximum absolute atomic E-state index is 12.2. The third-order valence-electron chi connectivity index (χ3n) is 2.61. The van der Waals surface area contributed by atoms with Gasteiger partial charge in [0.1, 0.15) is 0 Å². The Hall–Kier alpha value is -1.70. The molecule has 5 nitrogen and oxygen atoms in total. The van der Waals surface area contributed by atoms with E-state index in [-0.39, 0.29) is 34.2 Å². The van der Waals surface area contributed by atoms with Crippen LogP contribution in [0, 0.1) is 0 Å². The first-order valence-corrected chi connectivity index (χ1v) is 6.68. The summed E-state index contributed by atoms with van der Waals surface area (Å²) in [6, 6.07) is 10.9. The molecule has 0 saturated carbocycles. The Morgan fingerprint density at radius 3 is 1.24 bits per heavy atom. The summed E-state index contributed by atoms with van der Waals surface area (Å²) in [5.74, 6) is -2.61. The third kappa shape index (κ3) is 4.13. The van der Waals surface area contributed by atoms with Crippen LogP contribution in [0.3, 0.4) is 0 Å². The molecule has 0 amide bonds. The van der Waals surface area contributed by atoms with Gasteiger partial charge in [0.15, 0.2) is 0 Å². The molecule has 0 N–H and O–H groups in total. The van der Waals surface area contributed by atoms with Crippen molar-refractivity contribution in [2.45, 2.75) is 9.79 Å². The van der Waals surface area contributed by atoms with Crippen LogP contribution < -0.4 is 10.2 Å². The van der Waals surface area contributed by atoms with Crippen LogP contribution in [0.15, 0.2) is 58.3 Å². The summed E-state index contributed by atoms with van der Waals surface area (Å²) in [5.41, 5.74) is -0.00361. The Morgan fingerprint density at radius 2 is 1.00 bits per heavy atom. The maximum Gasteiger partial charge on any atom is 2.00 e. The Kier molecular flexibility index (Phi) is 6.07. The van der Waals surface area contributed by atoms with E-state index in [1.54, 1.807) is 0 Å². The van der Waals surface area contributed by atoms with Crippen molar-refractivity contribution in [3.63, 3.8) is 0 Å². The van der Waals surface area contributed by atoms with Crippen LogP contribution in [0.4, 0.5) is 0 Å². The van der Waals surface area contributed by atoms with Crippen LogP contribution in [0.5, 0.6) is 0 Å². The van der Waals surface area contributed by atoms with Gasteiger partial charge in [-0.05, 0) is 35.4 Å². The van der Waals surface area contributed by atoms with E-state index in [1.165, 1.54) is 48.5 Å². The molecule has 7 heteroatoms. The molecule has 21 heavy (non-hydrogen) atoms. The summed E-state index contributed by atoms with van der Waals surface area (Å²) < 4.78 is 12.2. The molecule has 0 aromatic heterocycles. The van der Waals surface area contributed by atoms with Gasteiger partial charge in [0.2, 0.25) is 0 Å². The quantitative estimate of drug-likeness (QED) is 0.688. The van der Waals surface area contributed by atoms with Crippen LogP contribution in [-0.4, -0.2) is 39.2 Å². The van der Waals surface area contributed by atoms with Crippen molar-refractivity contribution in [3.05, 3.63) is 59.7 Å². The summed E-state index contributed by atoms with van der Waals surface area (Å²) >= 11 is 0. The van der Waals surface area contributed by atoms with Crippen LogP contribution in [0.1, 0.15) is 20.7 Å². The minimum atomic E-state index is -1.52. The molecule has 0 spiro atoms. The number of carboxylic acid groups (broad SMARTS) is 2. The molecule has 2 aromatic rings. The van der Waals surface area contributed by atoms with Crippen LogP contribution in [0.25, 0.3) is 0 Å². The summed E-state index contributed by atoms with van der Waals surface area (Å²) in [7, 11) is -1.52. The molecule has 0 fully saturated rings. The number of carbonyl (C=O) groups is 2. The molecule has 0 radical (unpaired) electrons. The van der Waals surface area contributed by atoms with Gasteiger partial charge in [0.25, 0.3) is 0 Å². The van der Waals surface area contributed by atoms with E-state index in [2.05, 4.69) is 0 Å². The molecule has 0 heterocycles. The SMILES string of the molecule is O=C([O-])c1ccc(S(=O)c2ccc(C(=O)[O-])cc2)cc1.[Mg+2]. The number of hydrogen-bond donors (Lipinski definition) is 0. The standard InChI is InChI=1S/C14H10O5S.Mg/c15-13(16)9-1-5-11(6-2-9)20(19)12-7-3-10(4-8-12)14(17)18;/h1-8H,(H,15,16)(H,17,18);/q;+2/p-2. The second-order valence-corrected chi connectivity index (χ2v) is 5.37. The van der Waals surface area contributed by atoms with Crippen molar-refractivity contribution in [1.82, 2.24) is 0 Å². The van der Waals surface area contributed by atoms with Gasteiger partial charge in [0.05, 0.1) is 22.7 Å². The Balaban J connectivity index is 0.00000220. The van der Waals surface area contributed by atoms with Crippen molar-refractivity contribution in [3.8, 4) is 0 Å². The van der Waals surface area contributed by atoms with Gasteiger partial charge in [-0.2, -0.15) is 0 Å². The molecule has 0 atom stereocenters. The van der Waals surface area contributed by atoms with Crippen molar-refractivity contribution >= 4 is 45.8 Å². The fraction of sp³-hybridized carbons (Fsp3) is 0. The number of carbonyl (C=O) groups excluding carboxylic acids is 2. The largest absolute Gasteiger partial charge is 2.00 e. The normalized spacial score (nSPS) is 9.95. The van der Waals surface area contributed by atoms with Crippen molar-refractivity contribution in [2.75, 3.05) is 0 Å². The van der Waals surface area contributed by atoms with E-state index in [9.17, 15) is 24.0 Å². The van der Waals surface area contributed by atoms with Gasteiger partial charge in [0, 0.05) is 9.79 Å². The molecule has 2 aromatic carbocycles. The second-order valence-electron chi connectivity index (χ2n) is 3.89. The average Bonchev–Trinajstić information content (AvgIpc) is 2.46. The predicted molar refractivity (Wildman–Crippen MR) is 72.0 cm³/mol. The van der Waals surface area contributed by atoms with Crippen molar-refractivity contribution < 1.29 is 24.0 Å². The number of hydrogen-bond acceptors (Lipinski definition) is 5. The van der Waals surface area contributed by atoms with Gasteiger partial charge < -0.3 is 19.8 Å². The molecular weight excluding hydrogens is 305 g/mol. The second kappa shape index (κ2) is 7.35. The fourth-order valence-corrected chi connectivity index (χ4v) is 2.60. The molecule has 0 unspecified atom stereocenters. The minimum absolute atomic E-state index is 0. The van der Waals surface area contributed by atoms with Gasteiger partial charge in [-0.25, -0.2) is 4.21 Å². The summed E-state index contributed by atoms with van der Waals surface area (Å²) in [5, 5.41) is 21.2. The summed E-state index contributed by atoms with van der Waals surface area (Å²) in [6.07, 6.45) is 0. The fourth-order valence-electron chi connectivity index (χ4n) is 1.57. The van der Waals surface area contributed by atoms with Gasteiger partial charge in [-0.1, -0.05) is 24.3 Å². The van der Waals surface area contributed by atoms with E-state index in [1.807, 2.05) is 0 Å². The third-order valence-corrected chi connectivity index (χ3v) is 4.01. The van der Waals surface area contributed by atoms with E-state index in [0.29, 0.717) is 9.79 Å². The smallest absolute Gasteiger partial charge is 0.545 e. The number of aromatic carboxylic acids is 2. The molecule has 0 aliphatic rings. The molecule has 0 saturated heterocycles. The van der Waals surface area contributed by atoms with Gasteiger partial charge >= 0.3 is 23.1 Å². The Morgan fingerprint density at radius 1 is 0.714 bits per heavy atom. The van der Waals surface area contributed by atoms with Gasteiger partial charge in [-0.3, -0.25) is 0 Å². The molecule has 0 aliphatic heterocycles. The predicted octanol–water partition coefficient (Wildman–Crippen LogP) is -0.801. The number of carboxylic acids is 2. The van der Waals surface area contributed by atoms with E-state index in [4.69, 9.17) is 0 Å². The van der Waals surface area contributed by atoms with Crippen molar-refractivity contribution in [1.29, 1.82) is 0 Å².